The van der Waals surface area contributed by atoms with E-state index in [1.54, 1.807) is 18.3 Å². The van der Waals surface area contributed by atoms with Crippen molar-refractivity contribution < 1.29 is 18.6 Å². The molecule has 3 aliphatic rings. The fourth-order valence-corrected chi connectivity index (χ4v) is 6.68. The SMILES string of the molecule is Cc1cc(O)cc(-c2ncc3c(N4CCCC(C)(C)C4)nc(OC[C@@]45CCCN4C[C@H](F)C5)nc3c2F)c1. The average Bonchev–Trinajstić information content (AvgIpc) is 3.37. The molecular formula is C29H35F2N5O2. The topological polar surface area (TPSA) is 74.6 Å². The maximum Gasteiger partial charge on any atom is 0.319 e. The molecule has 0 bridgehead atoms. The third-order valence-electron chi connectivity index (χ3n) is 8.41. The molecule has 3 aliphatic heterocycles. The van der Waals surface area contributed by atoms with Crippen LogP contribution in [0.1, 0.15) is 51.5 Å². The summed E-state index contributed by atoms with van der Waals surface area (Å²) in [5, 5.41) is 10.6. The Bertz CT molecular complexity index is 1360. The van der Waals surface area contributed by atoms with Gasteiger partial charge < -0.3 is 14.7 Å². The maximum absolute atomic E-state index is 16.1. The van der Waals surface area contributed by atoms with E-state index < -0.39 is 12.0 Å². The molecule has 202 valence electrons. The van der Waals surface area contributed by atoms with Crippen LogP contribution in [-0.4, -0.2) is 69.5 Å². The number of fused-ring (bicyclic) bond motifs is 2. The summed E-state index contributed by atoms with van der Waals surface area (Å²) in [6.45, 7) is 9.43. The van der Waals surface area contributed by atoms with Crippen LogP contribution < -0.4 is 9.64 Å². The molecule has 9 heteroatoms. The lowest BCUT2D eigenvalue weighted by Crippen LogP contribution is -2.43. The molecule has 1 N–H and O–H groups in total. The zero-order valence-corrected chi connectivity index (χ0v) is 22.3. The summed E-state index contributed by atoms with van der Waals surface area (Å²) in [6, 6.07) is 5.00. The third-order valence-corrected chi connectivity index (χ3v) is 8.41. The molecule has 0 saturated carbocycles. The number of aromatic hydroxyl groups is 1. The molecule has 2 aromatic heterocycles. The number of nitrogens with zero attached hydrogens (tertiary/aromatic N) is 5. The van der Waals surface area contributed by atoms with E-state index in [2.05, 4.69) is 33.6 Å². The number of piperidine rings is 1. The molecule has 0 radical (unpaired) electrons. The molecule has 7 nitrogen and oxygen atoms in total. The van der Waals surface area contributed by atoms with Gasteiger partial charge in [0.2, 0.25) is 0 Å². The number of rotatable bonds is 5. The summed E-state index contributed by atoms with van der Waals surface area (Å²) in [4.78, 5) is 18.1. The quantitative estimate of drug-likeness (QED) is 0.478. The normalized spacial score (nSPS) is 25.2. The summed E-state index contributed by atoms with van der Waals surface area (Å²) in [5.74, 6) is 0.0772. The van der Waals surface area contributed by atoms with Crippen molar-refractivity contribution in [1.29, 1.82) is 0 Å². The predicted molar refractivity (Wildman–Crippen MR) is 143 cm³/mol. The summed E-state index contributed by atoms with van der Waals surface area (Å²) < 4.78 is 36.6. The van der Waals surface area contributed by atoms with E-state index in [0.717, 1.165) is 50.9 Å². The van der Waals surface area contributed by atoms with Crippen LogP contribution >= 0.6 is 0 Å². The van der Waals surface area contributed by atoms with Gasteiger partial charge in [0.15, 0.2) is 5.82 Å². The minimum atomic E-state index is -0.862. The Morgan fingerprint density at radius 3 is 2.74 bits per heavy atom. The Hall–Kier alpha value is -3.07. The molecule has 0 aliphatic carbocycles. The largest absolute Gasteiger partial charge is 0.508 e. The van der Waals surface area contributed by atoms with E-state index in [9.17, 15) is 9.50 Å². The first-order valence-corrected chi connectivity index (χ1v) is 13.6. The van der Waals surface area contributed by atoms with Gasteiger partial charge in [0.25, 0.3) is 0 Å². The average molecular weight is 524 g/mol. The number of aromatic nitrogens is 3. The van der Waals surface area contributed by atoms with Gasteiger partial charge in [-0.3, -0.25) is 9.88 Å². The van der Waals surface area contributed by atoms with Crippen LogP contribution in [-0.2, 0) is 0 Å². The number of benzene rings is 1. The predicted octanol–water partition coefficient (Wildman–Crippen LogP) is 5.43. The number of ether oxygens (including phenoxy) is 1. The summed E-state index contributed by atoms with van der Waals surface area (Å²) in [5.41, 5.74) is 1.26. The van der Waals surface area contributed by atoms with Gasteiger partial charge in [-0.15, -0.1) is 0 Å². The van der Waals surface area contributed by atoms with Crippen LogP contribution in [0.3, 0.4) is 0 Å². The molecule has 6 rings (SSSR count). The van der Waals surface area contributed by atoms with Crippen molar-refractivity contribution in [2.24, 2.45) is 5.41 Å². The van der Waals surface area contributed by atoms with E-state index in [1.807, 2.05) is 6.92 Å². The molecule has 0 spiro atoms. The maximum atomic E-state index is 16.1. The Balaban J connectivity index is 1.43. The lowest BCUT2D eigenvalue weighted by Gasteiger charge is -2.39. The van der Waals surface area contributed by atoms with Crippen molar-refractivity contribution in [3.05, 3.63) is 35.8 Å². The van der Waals surface area contributed by atoms with Crippen molar-refractivity contribution in [3.63, 3.8) is 0 Å². The molecule has 2 atom stereocenters. The molecule has 3 aromatic rings. The second-order valence-corrected chi connectivity index (χ2v) is 12.1. The van der Waals surface area contributed by atoms with E-state index in [0.29, 0.717) is 29.7 Å². The Morgan fingerprint density at radius 2 is 1.95 bits per heavy atom. The number of halogens is 2. The van der Waals surface area contributed by atoms with E-state index in [-0.39, 0.29) is 40.5 Å². The van der Waals surface area contributed by atoms with Crippen LogP contribution in [0.25, 0.3) is 22.2 Å². The zero-order chi connectivity index (χ0) is 26.7. The summed E-state index contributed by atoms with van der Waals surface area (Å²) in [7, 11) is 0. The molecular weight excluding hydrogens is 488 g/mol. The number of phenols is 1. The van der Waals surface area contributed by atoms with Crippen molar-refractivity contribution >= 4 is 16.7 Å². The highest BCUT2D eigenvalue weighted by molar-refractivity contribution is 5.92. The number of aryl methyl sites for hydroxylation is 1. The summed E-state index contributed by atoms with van der Waals surface area (Å²) in [6.07, 6.45) is 5.18. The highest BCUT2D eigenvalue weighted by Gasteiger charge is 2.49. The van der Waals surface area contributed by atoms with Gasteiger partial charge >= 0.3 is 6.01 Å². The second kappa shape index (κ2) is 9.29. The number of anilines is 1. The fourth-order valence-electron chi connectivity index (χ4n) is 6.68. The van der Waals surface area contributed by atoms with Crippen molar-refractivity contribution in [3.8, 4) is 23.0 Å². The van der Waals surface area contributed by atoms with Gasteiger partial charge in [-0.1, -0.05) is 13.8 Å². The standard InChI is InChI=1S/C29H35F2N5O2/c1-18-10-19(12-21(37)11-18)24-23(31)25-22(14-32-24)26(35-8-4-6-28(2,3)16-35)34-27(33-25)38-17-29-7-5-9-36(29)15-20(30)13-29/h10-12,14,20,37H,4-9,13,15-17H2,1-3H3/t20-,29+/m1/s1. The van der Waals surface area contributed by atoms with Gasteiger partial charge in [0.05, 0.1) is 10.9 Å². The van der Waals surface area contributed by atoms with Crippen LogP contribution in [0.2, 0.25) is 0 Å². The monoisotopic (exact) mass is 523 g/mol. The van der Waals surface area contributed by atoms with E-state index in [1.165, 1.54) is 6.07 Å². The molecule has 0 amide bonds. The second-order valence-electron chi connectivity index (χ2n) is 12.1. The van der Waals surface area contributed by atoms with Crippen LogP contribution in [0.4, 0.5) is 14.6 Å². The number of hydrogen-bond donors (Lipinski definition) is 1. The highest BCUT2D eigenvalue weighted by atomic mass is 19.1. The first kappa shape index (κ1) is 25.2. The molecule has 3 saturated heterocycles. The van der Waals surface area contributed by atoms with E-state index >= 15 is 4.39 Å². The first-order valence-electron chi connectivity index (χ1n) is 13.6. The first-order chi connectivity index (χ1) is 18.1. The Kier molecular flexibility index (Phi) is 6.17. The number of pyridine rings is 1. The summed E-state index contributed by atoms with van der Waals surface area (Å²) >= 11 is 0. The smallest absolute Gasteiger partial charge is 0.319 e. The van der Waals surface area contributed by atoms with Crippen LogP contribution in [0.5, 0.6) is 11.8 Å². The number of alkyl halides is 1. The molecule has 3 fully saturated rings. The highest BCUT2D eigenvalue weighted by Crippen LogP contribution is 2.41. The van der Waals surface area contributed by atoms with Gasteiger partial charge in [0.1, 0.15) is 35.6 Å². The van der Waals surface area contributed by atoms with Gasteiger partial charge in [-0.2, -0.15) is 9.97 Å². The minimum absolute atomic E-state index is 0.0485. The van der Waals surface area contributed by atoms with Crippen molar-refractivity contribution in [2.75, 3.05) is 37.7 Å². The third kappa shape index (κ3) is 4.55. The van der Waals surface area contributed by atoms with E-state index in [4.69, 9.17) is 9.72 Å². The van der Waals surface area contributed by atoms with Gasteiger partial charge in [0, 0.05) is 37.8 Å². The van der Waals surface area contributed by atoms with Crippen LogP contribution in [0.15, 0.2) is 24.4 Å². The molecule has 5 heterocycles. The zero-order valence-electron chi connectivity index (χ0n) is 22.3. The number of hydrogen-bond acceptors (Lipinski definition) is 7. The lowest BCUT2D eigenvalue weighted by molar-refractivity contribution is 0.107. The molecule has 1 aromatic carbocycles. The fraction of sp³-hybridized carbons (Fsp3) is 0.552. The molecule has 38 heavy (non-hydrogen) atoms. The number of phenolic OH excluding ortho intramolecular Hbond substituents is 1. The van der Waals surface area contributed by atoms with Gasteiger partial charge in [-0.05, 0) is 68.3 Å². The van der Waals surface area contributed by atoms with Crippen molar-refractivity contribution in [1.82, 2.24) is 19.9 Å². The Morgan fingerprint density at radius 1 is 1.13 bits per heavy atom. The Labute approximate surface area is 221 Å². The molecule has 0 unspecified atom stereocenters. The minimum Gasteiger partial charge on any atom is -0.508 e. The lowest BCUT2D eigenvalue weighted by atomic mass is 9.84. The van der Waals surface area contributed by atoms with Crippen molar-refractivity contribution in [2.45, 2.75) is 64.6 Å². The van der Waals surface area contributed by atoms with Gasteiger partial charge in [-0.25, -0.2) is 8.78 Å². The van der Waals surface area contributed by atoms with Crippen LogP contribution in [0, 0.1) is 18.2 Å².